The lowest BCUT2D eigenvalue weighted by Crippen LogP contribution is -2.46. The maximum atomic E-state index is 9.53. The summed E-state index contributed by atoms with van der Waals surface area (Å²) in [6, 6.07) is 0.190. The first-order valence-electron chi connectivity index (χ1n) is 7.81. The summed E-state index contributed by atoms with van der Waals surface area (Å²) < 4.78 is 0. The molecule has 2 N–H and O–H groups in total. The molecular weight excluding hydrogens is 226 g/mol. The van der Waals surface area contributed by atoms with Gasteiger partial charge < -0.3 is 10.2 Å². The summed E-state index contributed by atoms with van der Waals surface area (Å²) in [6.45, 7) is 8.45. The smallest absolute Gasteiger partial charge is 0.0587 e. The van der Waals surface area contributed by atoms with Gasteiger partial charge in [0.05, 0.1) is 12.7 Å². The van der Waals surface area contributed by atoms with Crippen molar-refractivity contribution in [3.05, 3.63) is 0 Å². The molecule has 0 bridgehead atoms. The highest BCUT2D eigenvalue weighted by atomic mass is 16.3. The molecule has 1 heterocycles. The number of rotatable bonds is 7. The van der Waals surface area contributed by atoms with E-state index < -0.39 is 0 Å². The molecule has 1 aliphatic heterocycles. The predicted molar refractivity (Wildman–Crippen MR) is 77.8 cm³/mol. The third kappa shape index (κ3) is 7.34. The van der Waals surface area contributed by atoms with E-state index in [1.165, 1.54) is 32.1 Å². The minimum atomic E-state index is -0.200. The van der Waals surface area contributed by atoms with Gasteiger partial charge in [-0.15, -0.1) is 0 Å². The third-order valence-corrected chi connectivity index (χ3v) is 3.57. The van der Waals surface area contributed by atoms with Crippen LogP contribution in [0.5, 0.6) is 0 Å². The molecule has 110 valence electrons. The minimum Gasteiger partial charge on any atom is -0.395 e. The first kappa shape index (κ1) is 17.9. The second kappa shape index (κ2) is 11.9. The molecule has 0 aliphatic carbocycles. The van der Waals surface area contributed by atoms with E-state index in [0.29, 0.717) is 0 Å². The average molecular weight is 259 g/mol. The van der Waals surface area contributed by atoms with Crippen LogP contribution in [0.1, 0.15) is 65.7 Å². The van der Waals surface area contributed by atoms with Gasteiger partial charge in [0.2, 0.25) is 0 Å². The molecule has 0 radical (unpaired) electrons. The molecule has 1 saturated heterocycles. The predicted octanol–water partition coefficient (Wildman–Crippen LogP) is 2.80. The van der Waals surface area contributed by atoms with Gasteiger partial charge in [-0.05, 0) is 25.8 Å². The SMILES string of the molecule is CC.CCCCCCCN1CCC(O)CC1CO. The van der Waals surface area contributed by atoms with E-state index in [4.69, 9.17) is 0 Å². The van der Waals surface area contributed by atoms with Crippen LogP contribution in [0.25, 0.3) is 0 Å². The standard InChI is InChI=1S/C13H27NO2.C2H6/c1-2-3-4-5-6-8-14-9-7-13(16)10-12(14)11-15;1-2/h12-13,15-16H,2-11H2,1H3;1-2H3. The summed E-state index contributed by atoms with van der Waals surface area (Å²) in [7, 11) is 0. The summed E-state index contributed by atoms with van der Waals surface area (Å²) in [5.41, 5.74) is 0. The molecule has 0 aromatic rings. The van der Waals surface area contributed by atoms with Crippen molar-refractivity contribution in [2.75, 3.05) is 19.7 Å². The van der Waals surface area contributed by atoms with Crippen LogP contribution in [0, 0.1) is 0 Å². The Balaban J connectivity index is 0.00000137. The van der Waals surface area contributed by atoms with Crippen LogP contribution >= 0.6 is 0 Å². The molecular formula is C15H33NO2. The molecule has 0 amide bonds. The van der Waals surface area contributed by atoms with E-state index in [1.807, 2.05) is 13.8 Å². The number of likely N-dealkylation sites (tertiary alicyclic amines) is 1. The molecule has 0 saturated carbocycles. The van der Waals surface area contributed by atoms with Gasteiger partial charge in [0.1, 0.15) is 0 Å². The van der Waals surface area contributed by atoms with Crippen molar-refractivity contribution in [3.63, 3.8) is 0 Å². The van der Waals surface area contributed by atoms with E-state index >= 15 is 0 Å². The topological polar surface area (TPSA) is 43.7 Å². The molecule has 18 heavy (non-hydrogen) atoms. The van der Waals surface area contributed by atoms with Gasteiger partial charge in [-0.2, -0.15) is 0 Å². The zero-order chi connectivity index (χ0) is 13.8. The molecule has 1 fully saturated rings. The Morgan fingerprint density at radius 3 is 2.39 bits per heavy atom. The molecule has 3 nitrogen and oxygen atoms in total. The second-order valence-corrected chi connectivity index (χ2v) is 4.96. The lowest BCUT2D eigenvalue weighted by Gasteiger charge is -2.36. The van der Waals surface area contributed by atoms with Crippen LogP contribution < -0.4 is 0 Å². The van der Waals surface area contributed by atoms with Gasteiger partial charge in [-0.3, -0.25) is 4.90 Å². The zero-order valence-corrected chi connectivity index (χ0v) is 12.6. The Morgan fingerprint density at radius 1 is 1.11 bits per heavy atom. The number of piperidine rings is 1. The number of hydrogen-bond acceptors (Lipinski definition) is 3. The van der Waals surface area contributed by atoms with Gasteiger partial charge >= 0.3 is 0 Å². The molecule has 0 spiro atoms. The van der Waals surface area contributed by atoms with E-state index in [0.717, 1.165) is 25.9 Å². The summed E-state index contributed by atoms with van der Waals surface area (Å²) in [5, 5.41) is 18.8. The van der Waals surface area contributed by atoms with Crippen LogP contribution in [0.2, 0.25) is 0 Å². The average Bonchev–Trinajstić information content (AvgIpc) is 2.42. The van der Waals surface area contributed by atoms with Crippen LogP contribution in [-0.4, -0.2) is 47.0 Å². The fourth-order valence-electron chi connectivity index (χ4n) is 2.48. The van der Waals surface area contributed by atoms with Crippen molar-refractivity contribution in [1.82, 2.24) is 4.90 Å². The molecule has 1 rings (SSSR count). The Labute approximate surface area is 113 Å². The monoisotopic (exact) mass is 259 g/mol. The van der Waals surface area contributed by atoms with Crippen molar-refractivity contribution in [3.8, 4) is 0 Å². The summed E-state index contributed by atoms with van der Waals surface area (Å²) in [5.74, 6) is 0. The van der Waals surface area contributed by atoms with Gasteiger partial charge in [0.25, 0.3) is 0 Å². The van der Waals surface area contributed by atoms with E-state index in [-0.39, 0.29) is 18.8 Å². The minimum absolute atomic E-state index is 0.187. The summed E-state index contributed by atoms with van der Waals surface area (Å²) in [4.78, 5) is 2.35. The first-order chi connectivity index (χ1) is 8.77. The Hall–Kier alpha value is -0.120. The van der Waals surface area contributed by atoms with Crippen molar-refractivity contribution in [2.45, 2.75) is 77.9 Å². The fourth-order valence-corrected chi connectivity index (χ4v) is 2.48. The van der Waals surface area contributed by atoms with Gasteiger partial charge in [-0.1, -0.05) is 46.5 Å². The Kier molecular flexibility index (Phi) is 11.9. The van der Waals surface area contributed by atoms with E-state index in [1.54, 1.807) is 0 Å². The molecule has 1 aliphatic rings. The van der Waals surface area contributed by atoms with E-state index in [2.05, 4.69) is 11.8 Å². The number of aliphatic hydroxyl groups is 2. The summed E-state index contributed by atoms with van der Waals surface area (Å²) in [6.07, 6.45) is 7.89. The zero-order valence-electron chi connectivity index (χ0n) is 12.6. The highest BCUT2D eigenvalue weighted by Gasteiger charge is 2.25. The fraction of sp³-hybridized carbons (Fsp3) is 1.00. The number of nitrogens with zero attached hydrogens (tertiary/aromatic N) is 1. The van der Waals surface area contributed by atoms with Crippen LogP contribution in [0.15, 0.2) is 0 Å². The normalized spacial score (nSPS) is 24.5. The van der Waals surface area contributed by atoms with Gasteiger partial charge in [0.15, 0.2) is 0 Å². The van der Waals surface area contributed by atoms with Crippen molar-refractivity contribution in [1.29, 1.82) is 0 Å². The van der Waals surface area contributed by atoms with Crippen LogP contribution in [-0.2, 0) is 0 Å². The highest BCUT2D eigenvalue weighted by Crippen LogP contribution is 2.18. The molecule has 3 heteroatoms. The van der Waals surface area contributed by atoms with Crippen molar-refractivity contribution in [2.24, 2.45) is 0 Å². The lowest BCUT2D eigenvalue weighted by atomic mass is 9.99. The highest BCUT2D eigenvalue weighted by molar-refractivity contribution is 4.80. The quantitative estimate of drug-likeness (QED) is 0.691. The van der Waals surface area contributed by atoms with Crippen molar-refractivity contribution < 1.29 is 10.2 Å². The number of hydrogen-bond donors (Lipinski definition) is 2. The largest absolute Gasteiger partial charge is 0.395 e. The second-order valence-electron chi connectivity index (χ2n) is 4.96. The van der Waals surface area contributed by atoms with Gasteiger partial charge in [0, 0.05) is 12.6 Å². The first-order valence-corrected chi connectivity index (χ1v) is 7.81. The maximum Gasteiger partial charge on any atom is 0.0587 e. The number of aliphatic hydroxyl groups excluding tert-OH is 2. The third-order valence-electron chi connectivity index (χ3n) is 3.57. The maximum absolute atomic E-state index is 9.53. The Morgan fingerprint density at radius 2 is 1.78 bits per heavy atom. The van der Waals surface area contributed by atoms with Crippen LogP contribution in [0.4, 0.5) is 0 Å². The van der Waals surface area contributed by atoms with Crippen molar-refractivity contribution >= 4 is 0 Å². The Bertz CT molecular complexity index is 176. The molecule has 0 aromatic carbocycles. The van der Waals surface area contributed by atoms with Crippen LogP contribution in [0.3, 0.4) is 0 Å². The molecule has 2 atom stereocenters. The molecule has 2 unspecified atom stereocenters. The van der Waals surface area contributed by atoms with E-state index in [9.17, 15) is 10.2 Å². The number of unbranched alkanes of at least 4 members (excludes halogenated alkanes) is 4. The molecule has 0 aromatic heterocycles. The van der Waals surface area contributed by atoms with Gasteiger partial charge in [-0.25, -0.2) is 0 Å². The lowest BCUT2D eigenvalue weighted by molar-refractivity contribution is 0.0163. The summed E-state index contributed by atoms with van der Waals surface area (Å²) >= 11 is 0.